The van der Waals surface area contributed by atoms with E-state index in [0.717, 1.165) is 0 Å². The highest BCUT2D eigenvalue weighted by molar-refractivity contribution is 7.92. The van der Waals surface area contributed by atoms with E-state index in [1.807, 2.05) is 0 Å². The molecular weight excluding hydrogens is 362 g/mol. The normalized spacial score (nSPS) is 10.8. The maximum atomic E-state index is 12.5. The fourth-order valence-corrected chi connectivity index (χ4v) is 3.19. The van der Waals surface area contributed by atoms with Gasteiger partial charge in [0.1, 0.15) is 5.75 Å². The lowest BCUT2D eigenvalue weighted by molar-refractivity contribution is -0.385. The summed E-state index contributed by atoms with van der Waals surface area (Å²) in [5, 5.41) is 13.4. The molecule has 0 aliphatic heterocycles. The third-order valence-corrected chi connectivity index (χ3v) is 4.91. The first kappa shape index (κ1) is 19.2. The molecule has 2 aromatic carbocycles. The number of sulfonamides is 1. The van der Waals surface area contributed by atoms with Crippen molar-refractivity contribution in [1.29, 1.82) is 0 Å². The van der Waals surface area contributed by atoms with Crippen molar-refractivity contribution >= 4 is 27.3 Å². The molecule has 0 saturated heterocycles. The van der Waals surface area contributed by atoms with Gasteiger partial charge in [-0.25, -0.2) is 8.42 Å². The van der Waals surface area contributed by atoms with Crippen molar-refractivity contribution in [3.05, 3.63) is 58.1 Å². The fourth-order valence-electron chi connectivity index (χ4n) is 2.07. The summed E-state index contributed by atoms with van der Waals surface area (Å²) in [6, 6.07) is 9.60. The summed E-state index contributed by atoms with van der Waals surface area (Å²) in [7, 11) is -2.46. The molecule has 10 heteroatoms. The smallest absolute Gasteiger partial charge is 0.274 e. The van der Waals surface area contributed by atoms with Crippen LogP contribution in [0.3, 0.4) is 0 Å². The van der Waals surface area contributed by atoms with Crippen LogP contribution in [-0.2, 0) is 14.8 Å². The highest BCUT2D eigenvalue weighted by Crippen LogP contribution is 2.27. The van der Waals surface area contributed by atoms with Gasteiger partial charge in [0.05, 0.1) is 21.1 Å². The summed E-state index contributed by atoms with van der Waals surface area (Å²) < 4.78 is 32.5. The number of nitro benzene ring substituents is 1. The standard InChI is InChI=1S/C16H17N3O6S/c1-11-14(4-3-5-15(11)19(21)22)18-26(23,24)13-8-6-12(7-9-13)25-10-16(20)17-2/h3-9,18H,10H2,1-2H3,(H,17,20). The highest BCUT2D eigenvalue weighted by Gasteiger charge is 2.19. The van der Waals surface area contributed by atoms with Crippen molar-refractivity contribution in [1.82, 2.24) is 5.32 Å². The van der Waals surface area contributed by atoms with Crippen LogP contribution in [0.25, 0.3) is 0 Å². The molecule has 0 unspecified atom stereocenters. The third kappa shape index (κ3) is 4.48. The van der Waals surface area contributed by atoms with Crippen LogP contribution in [0, 0.1) is 17.0 Å². The Labute approximate surface area is 150 Å². The minimum absolute atomic E-state index is 0.0456. The summed E-state index contributed by atoms with van der Waals surface area (Å²) in [6.45, 7) is 1.28. The van der Waals surface area contributed by atoms with Gasteiger partial charge in [-0.3, -0.25) is 19.6 Å². The van der Waals surface area contributed by atoms with E-state index in [-0.39, 0.29) is 34.3 Å². The number of nitro groups is 1. The van der Waals surface area contributed by atoms with Crippen LogP contribution in [0.2, 0.25) is 0 Å². The van der Waals surface area contributed by atoms with Gasteiger partial charge in [-0.1, -0.05) is 6.07 Å². The molecule has 0 aliphatic carbocycles. The number of carbonyl (C=O) groups is 1. The lowest BCUT2D eigenvalue weighted by atomic mass is 10.2. The summed E-state index contributed by atoms with van der Waals surface area (Å²) in [5.41, 5.74) is 0.161. The zero-order valence-electron chi connectivity index (χ0n) is 14.1. The van der Waals surface area contributed by atoms with Crippen LogP contribution in [0.15, 0.2) is 47.4 Å². The van der Waals surface area contributed by atoms with E-state index in [4.69, 9.17) is 4.74 Å². The van der Waals surface area contributed by atoms with Crippen LogP contribution in [0.1, 0.15) is 5.56 Å². The van der Waals surface area contributed by atoms with Crippen molar-refractivity contribution in [2.75, 3.05) is 18.4 Å². The van der Waals surface area contributed by atoms with Gasteiger partial charge >= 0.3 is 0 Å². The summed E-state index contributed by atoms with van der Waals surface area (Å²) in [5.74, 6) is 0.0172. The van der Waals surface area contributed by atoms with E-state index in [1.54, 1.807) is 0 Å². The molecule has 2 rings (SSSR count). The van der Waals surface area contributed by atoms with E-state index in [0.29, 0.717) is 5.75 Å². The average Bonchev–Trinajstić information content (AvgIpc) is 2.61. The summed E-state index contributed by atoms with van der Waals surface area (Å²) in [6.07, 6.45) is 0. The predicted octanol–water partition coefficient (Wildman–Crippen LogP) is 1.83. The van der Waals surface area contributed by atoms with Crippen molar-refractivity contribution in [2.45, 2.75) is 11.8 Å². The number of carbonyl (C=O) groups excluding carboxylic acids is 1. The molecule has 0 aromatic heterocycles. The first-order valence-corrected chi connectivity index (χ1v) is 8.93. The molecule has 1 amide bonds. The maximum absolute atomic E-state index is 12.5. The molecule has 0 heterocycles. The zero-order valence-corrected chi connectivity index (χ0v) is 14.9. The monoisotopic (exact) mass is 379 g/mol. The zero-order chi connectivity index (χ0) is 19.3. The van der Waals surface area contributed by atoms with Gasteiger partial charge in [0, 0.05) is 13.1 Å². The topological polar surface area (TPSA) is 128 Å². The third-order valence-electron chi connectivity index (χ3n) is 3.53. The molecule has 26 heavy (non-hydrogen) atoms. The molecular formula is C16H17N3O6S. The fraction of sp³-hybridized carbons (Fsp3) is 0.188. The molecule has 0 radical (unpaired) electrons. The van der Waals surface area contributed by atoms with E-state index in [9.17, 15) is 23.3 Å². The number of rotatable bonds is 7. The number of nitrogens with one attached hydrogen (secondary N) is 2. The quantitative estimate of drug-likeness (QED) is 0.558. The number of anilines is 1. The van der Waals surface area contributed by atoms with Crippen LogP contribution in [-0.4, -0.2) is 32.9 Å². The molecule has 9 nitrogen and oxygen atoms in total. The van der Waals surface area contributed by atoms with Gasteiger partial charge < -0.3 is 10.1 Å². The van der Waals surface area contributed by atoms with Crippen molar-refractivity contribution in [3.63, 3.8) is 0 Å². The van der Waals surface area contributed by atoms with Crippen LogP contribution >= 0.6 is 0 Å². The van der Waals surface area contributed by atoms with Gasteiger partial charge in [-0.2, -0.15) is 0 Å². The number of amides is 1. The van der Waals surface area contributed by atoms with Crippen molar-refractivity contribution < 1.29 is 22.9 Å². The number of hydrogen-bond donors (Lipinski definition) is 2. The van der Waals surface area contributed by atoms with E-state index in [2.05, 4.69) is 10.0 Å². The second-order valence-electron chi connectivity index (χ2n) is 5.25. The molecule has 2 aromatic rings. The predicted molar refractivity (Wildman–Crippen MR) is 94.6 cm³/mol. The Balaban J connectivity index is 2.19. The Morgan fingerprint density at radius 3 is 2.42 bits per heavy atom. The Morgan fingerprint density at radius 1 is 1.19 bits per heavy atom. The Bertz CT molecular complexity index is 926. The average molecular weight is 379 g/mol. The number of ether oxygens (including phenoxy) is 1. The largest absolute Gasteiger partial charge is 0.484 e. The molecule has 0 saturated carbocycles. The molecule has 0 atom stereocenters. The second-order valence-corrected chi connectivity index (χ2v) is 6.93. The van der Waals surface area contributed by atoms with Crippen LogP contribution in [0.4, 0.5) is 11.4 Å². The Hall–Kier alpha value is -3.14. The molecule has 2 N–H and O–H groups in total. The molecule has 0 aliphatic rings. The maximum Gasteiger partial charge on any atom is 0.274 e. The van der Waals surface area contributed by atoms with E-state index >= 15 is 0 Å². The van der Waals surface area contributed by atoms with E-state index < -0.39 is 14.9 Å². The van der Waals surface area contributed by atoms with E-state index in [1.165, 1.54) is 56.4 Å². The first-order valence-electron chi connectivity index (χ1n) is 7.45. The van der Waals surface area contributed by atoms with Crippen molar-refractivity contribution in [2.24, 2.45) is 0 Å². The minimum atomic E-state index is -3.94. The molecule has 138 valence electrons. The number of likely N-dealkylation sites (N-methyl/N-ethyl adjacent to an activating group) is 1. The van der Waals surface area contributed by atoms with Gasteiger partial charge in [0.25, 0.3) is 21.6 Å². The Kier molecular flexibility index (Phi) is 5.78. The molecule has 0 fully saturated rings. The second kappa shape index (κ2) is 7.83. The van der Waals surface area contributed by atoms with Crippen molar-refractivity contribution in [3.8, 4) is 5.75 Å². The SMILES string of the molecule is CNC(=O)COc1ccc(S(=O)(=O)Nc2cccc([N+](=O)[O-])c2C)cc1. The molecule has 0 spiro atoms. The van der Waals surface area contributed by atoms with Crippen LogP contribution in [0.5, 0.6) is 5.75 Å². The summed E-state index contributed by atoms with van der Waals surface area (Å²) >= 11 is 0. The lowest BCUT2D eigenvalue weighted by Gasteiger charge is -2.11. The van der Waals surface area contributed by atoms with Gasteiger partial charge in [0.15, 0.2) is 6.61 Å². The number of nitrogens with zero attached hydrogens (tertiary/aromatic N) is 1. The lowest BCUT2D eigenvalue weighted by Crippen LogP contribution is -2.24. The Morgan fingerprint density at radius 2 is 1.85 bits per heavy atom. The number of hydrogen-bond acceptors (Lipinski definition) is 6. The van der Waals surface area contributed by atoms with Gasteiger partial charge in [0.2, 0.25) is 0 Å². The van der Waals surface area contributed by atoms with Gasteiger partial charge in [-0.15, -0.1) is 0 Å². The van der Waals surface area contributed by atoms with Gasteiger partial charge in [-0.05, 0) is 37.3 Å². The first-order chi connectivity index (χ1) is 12.2. The highest BCUT2D eigenvalue weighted by atomic mass is 32.2. The number of benzene rings is 2. The molecule has 0 bridgehead atoms. The van der Waals surface area contributed by atoms with Crippen LogP contribution < -0.4 is 14.8 Å². The summed E-state index contributed by atoms with van der Waals surface area (Å²) in [4.78, 5) is 21.5. The minimum Gasteiger partial charge on any atom is -0.484 e.